The molecule has 0 N–H and O–H groups in total. The molecule has 23 heavy (non-hydrogen) atoms. The van der Waals surface area contributed by atoms with Crippen LogP contribution >= 0.6 is 22.9 Å². The molecule has 0 aliphatic carbocycles. The number of benzene rings is 1. The van der Waals surface area contributed by atoms with E-state index in [1.165, 1.54) is 24.6 Å². The molecule has 2 aromatic rings. The zero-order valence-corrected chi connectivity index (χ0v) is 14.4. The number of hydrogen-bond acceptors (Lipinski definition) is 4. The van der Waals surface area contributed by atoms with Crippen molar-refractivity contribution in [2.24, 2.45) is 0 Å². The molecule has 0 atom stereocenters. The van der Waals surface area contributed by atoms with Crippen LogP contribution in [0.2, 0.25) is 5.02 Å². The fourth-order valence-corrected chi connectivity index (χ4v) is 4.34. The molecular formula is C13H12ClF3N2O2S2. The SMILES string of the molecule is Cc1ncc(CN(C)S(=O)(=O)c2ccc(Cl)cc2C(F)(F)F)s1. The van der Waals surface area contributed by atoms with E-state index in [0.29, 0.717) is 10.9 Å². The van der Waals surface area contributed by atoms with Gasteiger partial charge in [0, 0.05) is 29.7 Å². The maximum atomic E-state index is 13.1. The Kier molecular flexibility index (Phi) is 5.05. The van der Waals surface area contributed by atoms with E-state index < -0.39 is 26.7 Å². The van der Waals surface area contributed by atoms with Gasteiger partial charge in [0.2, 0.25) is 10.0 Å². The van der Waals surface area contributed by atoms with E-state index in [9.17, 15) is 21.6 Å². The Morgan fingerprint density at radius 2 is 2.00 bits per heavy atom. The van der Waals surface area contributed by atoms with E-state index in [2.05, 4.69) is 4.98 Å². The third-order valence-corrected chi connectivity index (χ3v) is 5.98. The van der Waals surface area contributed by atoms with Gasteiger partial charge in [0.15, 0.2) is 0 Å². The van der Waals surface area contributed by atoms with Crippen molar-refractivity contribution in [2.75, 3.05) is 7.05 Å². The van der Waals surface area contributed by atoms with Crippen molar-refractivity contribution < 1.29 is 21.6 Å². The van der Waals surface area contributed by atoms with E-state index in [1.54, 1.807) is 6.92 Å². The molecule has 0 spiro atoms. The summed E-state index contributed by atoms with van der Waals surface area (Å²) in [5.74, 6) is 0. The fraction of sp³-hybridized carbons (Fsp3) is 0.308. The van der Waals surface area contributed by atoms with Gasteiger partial charge in [-0.2, -0.15) is 17.5 Å². The van der Waals surface area contributed by atoms with Crippen molar-refractivity contribution >= 4 is 33.0 Å². The summed E-state index contributed by atoms with van der Waals surface area (Å²) in [6, 6.07) is 2.60. The van der Waals surface area contributed by atoms with Crippen molar-refractivity contribution in [3.8, 4) is 0 Å². The second-order valence-corrected chi connectivity index (χ2v) is 8.51. The Balaban J connectivity index is 2.43. The van der Waals surface area contributed by atoms with Crippen LogP contribution < -0.4 is 0 Å². The molecule has 0 aliphatic rings. The van der Waals surface area contributed by atoms with Crippen LogP contribution in [0.5, 0.6) is 0 Å². The zero-order chi connectivity index (χ0) is 17.4. The molecule has 1 heterocycles. The zero-order valence-electron chi connectivity index (χ0n) is 12.1. The van der Waals surface area contributed by atoms with E-state index in [4.69, 9.17) is 11.6 Å². The molecule has 0 unspecified atom stereocenters. The molecule has 0 bridgehead atoms. The van der Waals surface area contributed by atoms with E-state index in [1.807, 2.05) is 0 Å². The van der Waals surface area contributed by atoms with Gasteiger partial charge in [0.05, 0.1) is 15.5 Å². The van der Waals surface area contributed by atoms with Gasteiger partial charge in [-0.05, 0) is 25.1 Å². The van der Waals surface area contributed by atoms with Gasteiger partial charge in [0.25, 0.3) is 0 Å². The molecule has 0 saturated carbocycles. The second-order valence-electron chi connectivity index (χ2n) is 4.74. The molecule has 10 heteroatoms. The minimum Gasteiger partial charge on any atom is -0.250 e. The lowest BCUT2D eigenvalue weighted by atomic mass is 10.2. The van der Waals surface area contributed by atoms with Gasteiger partial charge >= 0.3 is 6.18 Å². The first-order valence-corrected chi connectivity index (χ1v) is 8.89. The van der Waals surface area contributed by atoms with Crippen molar-refractivity contribution in [1.82, 2.24) is 9.29 Å². The summed E-state index contributed by atoms with van der Waals surface area (Å²) in [6.07, 6.45) is -3.33. The average Bonchev–Trinajstić information content (AvgIpc) is 2.82. The standard InChI is InChI=1S/C13H12ClF3N2O2S2/c1-8-18-6-10(22-8)7-19(2)23(20,21)12-4-3-9(14)5-11(12)13(15,16)17/h3-6H,7H2,1-2H3. The molecule has 0 saturated heterocycles. The van der Waals surface area contributed by atoms with Gasteiger partial charge in [-0.3, -0.25) is 0 Å². The number of aromatic nitrogens is 1. The predicted octanol–water partition coefficient (Wildman–Crippen LogP) is 3.94. The molecule has 0 amide bonds. The summed E-state index contributed by atoms with van der Waals surface area (Å²) in [5, 5.41) is 0.560. The first-order chi connectivity index (χ1) is 10.5. The monoisotopic (exact) mass is 384 g/mol. The number of sulfonamides is 1. The Labute approximate surface area is 140 Å². The number of halogens is 4. The second kappa shape index (κ2) is 6.39. The first kappa shape index (κ1) is 18.2. The van der Waals surface area contributed by atoms with Crippen LogP contribution in [0.3, 0.4) is 0 Å². The minimum atomic E-state index is -4.82. The van der Waals surface area contributed by atoms with Crippen molar-refractivity contribution in [3.63, 3.8) is 0 Å². The lowest BCUT2D eigenvalue weighted by Crippen LogP contribution is -2.28. The molecule has 2 rings (SSSR count). The van der Waals surface area contributed by atoms with Crippen molar-refractivity contribution in [1.29, 1.82) is 0 Å². The van der Waals surface area contributed by atoms with Gasteiger partial charge in [-0.25, -0.2) is 13.4 Å². The van der Waals surface area contributed by atoms with Crippen molar-refractivity contribution in [3.05, 3.63) is 44.9 Å². The highest BCUT2D eigenvalue weighted by Crippen LogP contribution is 2.37. The third kappa shape index (κ3) is 4.03. The summed E-state index contributed by atoms with van der Waals surface area (Å²) in [5.41, 5.74) is -1.28. The van der Waals surface area contributed by atoms with Crippen LogP contribution in [-0.2, 0) is 22.7 Å². The first-order valence-electron chi connectivity index (χ1n) is 6.26. The van der Waals surface area contributed by atoms with Crippen LogP contribution in [0.1, 0.15) is 15.4 Å². The third-order valence-electron chi connectivity index (χ3n) is 2.98. The number of rotatable bonds is 4. The molecule has 1 aromatic carbocycles. The van der Waals surface area contributed by atoms with Gasteiger partial charge < -0.3 is 0 Å². The average molecular weight is 385 g/mol. The van der Waals surface area contributed by atoms with Crippen LogP contribution in [-0.4, -0.2) is 24.8 Å². The van der Waals surface area contributed by atoms with Gasteiger partial charge in [-0.15, -0.1) is 11.3 Å². The van der Waals surface area contributed by atoms with Crippen LogP contribution in [0.15, 0.2) is 29.3 Å². The maximum Gasteiger partial charge on any atom is 0.417 e. The Morgan fingerprint density at radius 3 is 2.52 bits per heavy atom. The largest absolute Gasteiger partial charge is 0.417 e. The number of hydrogen-bond donors (Lipinski definition) is 0. The number of nitrogens with zero attached hydrogens (tertiary/aromatic N) is 2. The number of thiazole rings is 1. The van der Waals surface area contributed by atoms with Crippen LogP contribution in [0.4, 0.5) is 13.2 Å². The molecule has 1 aromatic heterocycles. The van der Waals surface area contributed by atoms with E-state index in [0.717, 1.165) is 21.4 Å². The maximum absolute atomic E-state index is 13.1. The fourth-order valence-electron chi connectivity index (χ4n) is 1.90. The van der Waals surface area contributed by atoms with Gasteiger partial charge in [0.1, 0.15) is 0 Å². The Bertz CT molecular complexity index is 819. The summed E-state index contributed by atoms with van der Waals surface area (Å²) in [7, 11) is -3.10. The highest BCUT2D eigenvalue weighted by molar-refractivity contribution is 7.89. The normalized spacial score (nSPS) is 12.8. The highest BCUT2D eigenvalue weighted by atomic mass is 35.5. The summed E-state index contributed by atoms with van der Waals surface area (Å²) in [6.45, 7) is 1.69. The molecule has 0 radical (unpaired) electrons. The lowest BCUT2D eigenvalue weighted by molar-refractivity contribution is -0.139. The molecule has 4 nitrogen and oxygen atoms in total. The Hall–Kier alpha value is -1.16. The highest BCUT2D eigenvalue weighted by Gasteiger charge is 2.38. The molecule has 0 aliphatic heterocycles. The molecule has 0 fully saturated rings. The quantitative estimate of drug-likeness (QED) is 0.802. The summed E-state index contributed by atoms with van der Waals surface area (Å²) in [4.78, 5) is 3.81. The van der Waals surface area contributed by atoms with E-state index >= 15 is 0 Å². The Morgan fingerprint density at radius 1 is 1.35 bits per heavy atom. The number of aryl methyl sites for hydroxylation is 1. The lowest BCUT2D eigenvalue weighted by Gasteiger charge is -2.19. The smallest absolute Gasteiger partial charge is 0.250 e. The van der Waals surface area contributed by atoms with Gasteiger partial charge in [-0.1, -0.05) is 11.6 Å². The predicted molar refractivity (Wildman–Crippen MR) is 82.0 cm³/mol. The topological polar surface area (TPSA) is 50.3 Å². The summed E-state index contributed by atoms with van der Waals surface area (Å²) >= 11 is 6.85. The molecular weight excluding hydrogens is 373 g/mol. The van der Waals surface area contributed by atoms with E-state index in [-0.39, 0.29) is 11.6 Å². The minimum absolute atomic E-state index is 0.0617. The van der Waals surface area contributed by atoms with Crippen LogP contribution in [0.25, 0.3) is 0 Å². The number of alkyl halides is 3. The summed E-state index contributed by atoms with van der Waals surface area (Å²) < 4.78 is 65.1. The van der Waals surface area contributed by atoms with Crippen molar-refractivity contribution in [2.45, 2.75) is 24.5 Å². The van der Waals surface area contributed by atoms with Crippen LogP contribution in [0, 0.1) is 6.92 Å². The molecule has 126 valence electrons.